The summed E-state index contributed by atoms with van der Waals surface area (Å²) >= 11 is 2.13. The van der Waals surface area contributed by atoms with E-state index in [1.165, 1.54) is 18.2 Å². The zero-order chi connectivity index (χ0) is 19.8. The van der Waals surface area contributed by atoms with Gasteiger partial charge in [0.25, 0.3) is 5.91 Å². The minimum Gasteiger partial charge on any atom is -0.508 e. The van der Waals surface area contributed by atoms with Crippen LogP contribution in [-0.4, -0.2) is 24.2 Å². The number of carbonyl (C=O) groups excluding carboxylic acids is 1. The molecule has 0 aliphatic carbocycles. The van der Waals surface area contributed by atoms with Crippen molar-refractivity contribution in [3.05, 3.63) is 51.1 Å². The first-order chi connectivity index (χ1) is 13.0. The average Bonchev–Trinajstić information content (AvgIpc) is 2.64. The van der Waals surface area contributed by atoms with Crippen molar-refractivity contribution in [3.8, 4) is 23.3 Å². The molecular weight excluding hydrogens is 459 g/mol. The van der Waals surface area contributed by atoms with E-state index in [1.807, 2.05) is 26.0 Å². The fourth-order valence-electron chi connectivity index (χ4n) is 2.28. The topological polar surface area (TPSA) is 91.6 Å². The lowest BCUT2D eigenvalue weighted by molar-refractivity contribution is -0.112. The highest BCUT2D eigenvalue weighted by atomic mass is 127. The molecule has 0 atom stereocenters. The van der Waals surface area contributed by atoms with Gasteiger partial charge in [-0.2, -0.15) is 5.26 Å². The normalized spacial score (nSPS) is 10.8. The molecule has 2 rings (SSSR count). The van der Waals surface area contributed by atoms with Crippen molar-refractivity contribution in [1.29, 1.82) is 5.26 Å². The molecule has 1 amide bonds. The van der Waals surface area contributed by atoms with Crippen molar-refractivity contribution in [1.82, 2.24) is 0 Å². The monoisotopic (exact) mass is 478 g/mol. The number of halogens is 1. The van der Waals surface area contributed by atoms with E-state index in [0.29, 0.717) is 36.0 Å². The van der Waals surface area contributed by atoms with Crippen LogP contribution in [0, 0.1) is 14.9 Å². The number of hydrogen-bond acceptors (Lipinski definition) is 5. The van der Waals surface area contributed by atoms with E-state index < -0.39 is 5.91 Å². The molecule has 0 bridgehead atoms. The number of carbonyl (C=O) groups is 1. The molecule has 0 aromatic heterocycles. The van der Waals surface area contributed by atoms with Gasteiger partial charge >= 0.3 is 0 Å². The van der Waals surface area contributed by atoms with Crippen LogP contribution >= 0.6 is 22.6 Å². The van der Waals surface area contributed by atoms with Crippen molar-refractivity contribution >= 4 is 40.3 Å². The number of nitriles is 1. The summed E-state index contributed by atoms with van der Waals surface area (Å²) in [4.78, 5) is 12.4. The predicted octanol–water partition coefficient (Wildman–Crippen LogP) is 4.34. The predicted molar refractivity (Wildman–Crippen MR) is 112 cm³/mol. The lowest BCUT2D eigenvalue weighted by Crippen LogP contribution is -2.13. The van der Waals surface area contributed by atoms with Crippen molar-refractivity contribution in [2.45, 2.75) is 13.8 Å². The summed E-state index contributed by atoms with van der Waals surface area (Å²) in [6, 6.07) is 11.5. The summed E-state index contributed by atoms with van der Waals surface area (Å²) < 4.78 is 12.1. The number of nitrogens with zero attached hydrogens (tertiary/aromatic N) is 1. The minimum absolute atomic E-state index is 0.0505. The van der Waals surface area contributed by atoms with Gasteiger partial charge in [0.2, 0.25) is 0 Å². The molecule has 2 aromatic rings. The zero-order valence-corrected chi connectivity index (χ0v) is 17.1. The summed E-state index contributed by atoms with van der Waals surface area (Å²) in [7, 11) is 0. The van der Waals surface area contributed by atoms with Gasteiger partial charge in [-0.15, -0.1) is 0 Å². The summed E-state index contributed by atoms with van der Waals surface area (Å²) in [5.41, 5.74) is 1.09. The maximum Gasteiger partial charge on any atom is 0.266 e. The fraction of sp³-hybridized carbons (Fsp3) is 0.200. The second-order valence-corrected chi connectivity index (χ2v) is 6.53. The van der Waals surface area contributed by atoms with Gasteiger partial charge in [0.05, 0.1) is 16.8 Å². The average molecular weight is 478 g/mol. The zero-order valence-electron chi connectivity index (χ0n) is 15.0. The van der Waals surface area contributed by atoms with Gasteiger partial charge in [0.15, 0.2) is 11.5 Å². The van der Waals surface area contributed by atoms with Crippen LogP contribution in [0.4, 0.5) is 5.69 Å². The van der Waals surface area contributed by atoms with E-state index in [1.54, 1.807) is 18.2 Å². The molecule has 0 heterocycles. The maximum atomic E-state index is 12.4. The lowest BCUT2D eigenvalue weighted by Gasteiger charge is -2.13. The Hall–Kier alpha value is -2.73. The van der Waals surface area contributed by atoms with Crippen LogP contribution in [0.15, 0.2) is 42.0 Å². The SMILES string of the molecule is CCOc1cc(/C=C(/C#N)C(=O)Nc2ccc(O)cc2)cc(I)c1OCC. The number of phenols is 1. The van der Waals surface area contributed by atoms with Crippen LogP contribution in [0.1, 0.15) is 19.4 Å². The molecule has 0 spiro atoms. The van der Waals surface area contributed by atoms with Gasteiger partial charge in [-0.3, -0.25) is 4.79 Å². The van der Waals surface area contributed by atoms with Crippen LogP contribution in [0.2, 0.25) is 0 Å². The molecular formula is C20H19IN2O4. The lowest BCUT2D eigenvalue weighted by atomic mass is 10.1. The van der Waals surface area contributed by atoms with Crippen molar-refractivity contribution in [2.24, 2.45) is 0 Å². The van der Waals surface area contributed by atoms with E-state index in [9.17, 15) is 15.2 Å². The molecule has 6 nitrogen and oxygen atoms in total. The van der Waals surface area contributed by atoms with Gasteiger partial charge in [-0.05, 0) is 84.5 Å². The van der Waals surface area contributed by atoms with Crippen molar-refractivity contribution in [2.75, 3.05) is 18.5 Å². The molecule has 0 radical (unpaired) electrons. The second kappa shape index (κ2) is 9.83. The Morgan fingerprint density at radius 1 is 1.22 bits per heavy atom. The summed E-state index contributed by atoms with van der Waals surface area (Å²) in [5, 5.41) is 21.3. The van der Waals surface area contributed by atoms with Gasteiger partial charge in [-0.1, -0.05) is 0 Å². The number of ether oxygens (including phenoxy) is 2. The second-order valence-electron chi connectivity index (χ2n) is 5.37. The summed E-state index contributed by atoms with van der Waals surface area (Å²) in [6.07, 6.45) is 1.50. The highest BCUT2D eigenvalue weighted by Crippen LogP contribution is 2.35. The van der Waals surface area contributed by atoms with E-state index in [2.05, 4.69) is 27.9 Å². The highest BCUT2D eigenvalue weighted by Gasteiger charge is 2.14. The number of nitrogens with one attached hydrogen (secondary N) is 1. The Morgan fingerprint density at radius 3 is 2.48 bits per heavy atom. The summed E-state index contributed by atoms with van der Waals surface area (Å²) in [6.45, 7) is 4.73. The van der Waals surface area contributed by atoms with Gasteiger partial charge in [0.1, 0.15) is 17.4 Å². The first-order valence-corrected chi connectivity index (χ1v) is 9.37. The Kier molecular flexibility index (Phi) is 7.49. The minimum atomic E-state index is -0.537. The van der Waals surface area contributed by atoms with E-state index >= 15 is 0 Å². The van der Waals surface area contributed by atoms with Crippen molar-refractivity contribution < 1.29 is 19.4 Å². The summed E-state index contributed by atoms with van der Waals surface area (Å²) in [5.74, 6) is 0.763. The molecule has 0 saturated heterocycles. The molecule has 0 unspecified atom stereocenters. The smallest absolute Gasteiger partial charge is 0.266 e. The molecule has 140 valence electrons. The third kappa shape index (κ3) is 5.62. The Bertz CT molecular complexity index is 886. The van der Waals surface area contributed by atoms with Crippen molar-refractivity contribution in [3.63, 3.8) is 0 Å². The number of benzene rings is 2. The Morgan fingerprint density at radius 2 is 1.89 bits per heavy atom. The van der Waals surface area contributed by atoms with Crippen LogP contribution in [0.5, 0.6) is 17.2 Å². The molecule has 0 aliphatic rings. The van der Waals surface area contributed by atoms with E-state index in [4.69, 9.17) is 9.47 Å². The first-order valence-electron chi connectivity index (χ1n) is 8.29. The van der Waals surface area contributed by atoms with Crippen LogP contribution in [-0.2, 0) is 4.79 Å². The first kappa shape index (κ1) is 20.6. The Labute approximate surface area is 171 Å². The van der Waals surface area contributed by atoms with Gasteiger partial charge < -0.3 is 19.9 Å². The molecule has 7 heteroatoms. The highest BCUT2D eigenvalue weighted by molar-refractivity contribution is 14.1. The number of rotatable bonds is 7. The number of phenolic OH excluding ortho intramolecular Hbond substituents is 1. The molecule has 2 N–H and O–H groups in total. The standard InChI is InChI=1S/C20H19IN2O4/c1-3-26-18-11-13(10-17(21)19(18)27-4-2)9-14(12-22)20(25)23-15-5-7-16(24)8-6-15/h5-11,24H,3-4H2,1-2H3,(H,23,25)/b14-9-. The third-order valence-electron chi connectivity index (χ3n) is 3.42. The third-order valence-corrected chi connectivity index (χ3v) is 4.22. The van der Waals surface area contributed by atoms with Crippen LogP contribution < -0.4 is 14.8 Å². The molecule has 0 fully saturated rings. The number of aromatic hydroxyl groups is 1. The molecule has 2 aromatic carbocycles. The number of amides is 1. The van der Waals surface area contributed by atoms with Crippen LogP contribution in [0.25, 0.3) is 6.08 Å². The Balaban J connectivity index is 2.31. The van der Waals surface area contributed by atoms with E-state index in [0.717, 1.165) is 3.57 Å². The van der Waals surface area contributed by atoms with E-state index in [-0.39, 0.29) is 11.3 Å². The quantitative estimate of drug-likeness (QED) is 0.268. The maximum absolute atomic E-state index is 12.4. The largest absolute Gasteiger partial charge is 0.508 e. The number of hydrogen-bond donors (Lipinski definition) is 2. The van der Waals surface area contributed by atoms with Gasteiger partial charge in [-0.25, -0.2) is 0 Å². The molecule has 0 aliphatic heterocycles. The van der Waals surface area contributed by atoms with Gasteiger partial charge in [0, 0.05) is 5.69 Å². The molecule has 27 heavy (non-hydrogen) atoms. The molecule has 0 saturated carbocycles. The van der Waals surface area contributed by atoms with Crippen LogP contribution in [0.3, 0.4) is 0 Å². The number of anilines is 1. The fourth-order valence-corrected chi connectivity index (χ4v) is 3.06.